The van der Waals surface area contributed by atoms with E-state index in [1.54, 1.807) is 26.0 Å². The molecule has 0 spiro atoms. The third-order valence-electron chi connectivity index (χ3n) is 3.35. The fourth-order valence-corrected chi connectivity index (χ4v) is 3.06. The van der Waals surface area contributed by atoms with E-state index in [1.165, 1.54) is 5.56 Å². The molecular formula is C17H17N3O2S. The lowest BCUT2D eigenvalue weighted by Crippen LogP contribution is -1.97. The first kappa shape index (κ1) is 15.6. The highest BCUT2D eigenvalue weighted by Crippen LogP contribution is 2.29. The fraction of sp³-hybridized carbons (Fsp3) is 0.235. The predicted octanol–water partition coefficient (Wildman–Crippen LogP) is 3.64. The van der Waals surface area contributed by atoms with Crippen LogP contribution in [0.15, 0.2) is 41.4 Å². The van der Waals surface area contributed by atoms with E-state index in [2.05, 4.69) is 15.0 Å². The van der Waals surface area contributed by atoms with E-state index < -0.39 is 0 Å². The first-order valence-electron chi connectivity index (χ1n) is 7.14. The molecule has 2 heterocycles. The van der Waals surface area contributed by atoms with E-state index in [1.807, 2.05) is 43.3 Å². The summed E-state index contributed by atoms with van der Waals surface area (Å²) in [5.41, 5.74) is 3.73. The second-order valence-corrected chi connectivity index (χ2v) is 5.94. The van der Waals surface area contributed by atoms with Gasteiger partial charge in [-0.2, -0.15) is 9.97 Å². The van der Waals surface area contributed by atoms with Gasteiger partial charge in [0, 0.05) is 11.4 Å². The van der Waals surface area contributed by atoms with Crippen LogP contribution in [0.4, 0.5) is 0 Å². The monoisotopic (exact) mass is 327 g/mol. The van der Waals surface area contributed by atoms with Gasteiger partial charge >= 0.3 is 6.01 Å². The molecule has 0 atom stereocenters. The summed E-state index contributed by atoms with van der Waals surface area (Å²) in [6.07, 6.45) is 0. The van der Waals surface area contributed by atoms with Crippen LogP contribution in [-0.2, 0) is 5.75 Å². The third-order valence-corrected chi connectivity index (χ3v) is 4.38. The number of aryl methyl sites for hydroxylation is 1. The van der Waals surface area contributed by atoms with E-state index in [-0.39, 0.29) is 0 Å². The van der Waals surface area contributed by atoms with Gasteiger partial charge in [-0.1, -0.05) is 23.9 Å². The first-order chi connectivity index (χ1) is 11.2. The molecule has 6 heteroatoms. The van der Waals surface area contributed by atoms with Gasteiger partial charge in [0.2, 0.25) is 0 Å². The van der Waals surface area contributed by atoms with Crippen molar-refractivity contribution in [1.29, 1.82) is 0 Å². The van der Waals surface area contributed by atoms with Crippen LogP contribution in [0.5, 0.6) is 11.8 Å². The summed E-state index contributed by atoms with van der Waals surface area (Å²) in [5.74, 6) is 1.64. The zero-order valence-corrected chi connectivity index (χ0v) is 14.1. The first-order valence-corrected chi connectivity index (χ1v) is 8.13. The van der Waals surface area contributed by atoms with Crippen molar-refractivity contribution in [1.82, 2.24) is 15.0 Å². The van der Waals surface area contributed by atoms with Crippen LogP contribution in [0, 0.1) is 6.92 Å². The average Bonchev–Trinajstić information content (AvgIpc) is 2.60. The quantitative estimate of drug-likeness (QED) is 0.527. The maximum Gasteiger partial charge on any atom is 0.317 e. The number of nitrogens with zero attached hydrogens (tertiary/aromatic N) is 3. The Kier molecular flexibility index (Phi) is 4.62. The Hall–Kier alpha value is -2.34. The molecule has 118 valence electrons. The lowest BCUT2D eigenvalue weighted by Gasteiger charge is -2.08. The number of hydrogen-bond acceptors (Lipinski definition) is 6. The zero-order chi connectivity index (χ0) is 16.2. The number of ether oxygens (including phenoxy) is 2. The highest BCUT2D eigenvalue weighted by Gasteiger charge is 2.11. The molecule has 0 aliphatic carbocycles. The van der Waals surface area contributed by atoms with Crippen LogP contribution in [0.3, 0.4) is 0 Å². The Morgan fingerprint density at radius 3 is 2.39 bits per heavy atom. The summed E-state index contributed by atoms with van der Waals surface area (Å²) in [4.78, 5) is 13.4. The molecule has 0 aliphatic rings. The Labute approximate surface area is 139 Å². The number of pyridine rings is 1. The smallest absolute Gasteiger partial charge is 0.317 e. The number of benzene rings is 1. The second-order valence-electron chi connectivity index (χ2n) is 4.97. The summed E-state index contributed by atoms with van der Waals surface area (Å²) in [5, 5.41) is 0.825. The van der Waals surface area contributed by atoms with Crippen LogP contribution < -0.4 is 9.47 Å². The number of hydrogen-bond donors (Lipinski definition) is 0. The van der Waals surface area contributed by atoms with Gasteiger partial charge in [0.05, 0.1) is 19.7 Å². The highest BCUT2D eigenvalue weighted by atomic mass is 32.2. The van der Waals surface area contributed by atoms with Crippen LogP contribution in [0.1, 0.15) is 11.3 Å². The molecule has 3 aromatic rings. The minimum absolute atomic E-state index is 0.361. The van der Waals surface area contributed by atoms with Gasteiger partial charge in [-0.25, -0.2) is 4.98 Å². The van der Waals surface area contributed by atoms with Gasteiger partial charge in [0.25, 0.3) is 0 Å². The van der Waals surface area contributed by atoms with E-state index >= 15 is 0 Å². The van der Waals surface area contributed by atoms with Crippen LogP contribution in [-0.4, -0.2) is 29.2 Å². The van der Waals surface area contributed by atoms with E-state index in [0.717, 1.165) is 33.3 Å². The SMILES string of the molecule is COc1ccc(CSc2nc(OC)nc3ccc(C)nc23)cc1. The molecule has 0 fully saturated rings. The molecule has 23 heavy (non-hydrogen) atoms. The summed E-state index contributed by atoms with van der Waals surface area (Å²) < 4.78 is 10.4. The van der Waals surface area contributed by atoms with Crippen LogP contribution >= 0.6 is 11.8 Å². The molecule has 0 amide bonds. The summed E-state index contributed by atoms with van der Waals surface area (Å²) in [6.45, 7) is 1.96. The second kappa shape index (κ2) is 6.83. The van der Waals surface area contributed by atoms with Crippen LogP contribution in [0.25, 0.3) is 11.0 Å². The number of thioether (sulfide) groups is 1. The summed E-state index contributed by atoms with van der Waals surface area (Å²) in [7, 11) is 3.23. The van der Waals surface area contributed by atoms with Crippen molar-refractivity contribution in [3.8, 4) is 11.8 Å². The van der Waals surface area contributed by atoms with Gasteiger partial charge in [0.1, 0.15) is 16.3 Å². The molecule has 0 saturated heterocycles. The molecule has 0 saturated carbocycles. The predicted molar refractivity (Wildman–Crippen MR) is 91.2 cm³/mol. The number of aromatic nitrogens is 3. The Balaban J connectivity index is 1.89. The zero-order valence-electron chi connectivity index (χ0n) is 13.2. The standard InChI is InChI=1S/C17H17N3O2S/c1-11-4-9-14-15(18-11)16(20-17(19-14)22-3)23-10-12-5-7-13(21-2)8-6-12/h4-9H,10H2,1-3H3. The van der Waals surface area contributed by atoms with Crippen LogP contribution in [0.2, 0.25) is 0 Å². The lowest BCUT2D eigenvalue weighted by molar-refractivity contribution is 0.378. The number of fused-ring (bicyclic) bond motifs is 1. The molecule has 0 unspecified atom stereocenters. The van der Waals surface area contributed by atoms with Crippen molar-refractivity contribution < 1.29 is 9.47 Å². The molecule has 0 aliphatic heterocycles. The maximum atomic E-state index is 5.20. The van der Waals surface area contributed by atoms with E-state index in [4.69, 9.17) is 9.47 Å². The van der Waals surface area contributed by atoms with Crippen molar-refractivity contribution in [2.24, 2.45) is 0 Å². The van der Waals surface area contributed by atoms with Crippen molar-refractivity contribution in [3.63, 3.8) is 0 Å². The summed E-state index contributed by atoms with van der Waals surface area (Å²) >= 11 is 1.62. The number of rotatable bonds is 5. The average molecular weight is 327 g/mol. The molecule has 0 N–H and O–H groups in total. The van der Waals surface area contributed by atoms with Crippen molar-refractivity contribution in [2.75, 3.05) is 14.2 Å². The molecule has 0 bridgehead atoms. The Bertz CT molecular complexity index is 822. The molecular weight excluding hydrogens is 310 g/mol. The van der Waals surface area contributed by atoms with Gasteiger partial charge in [-0.15, -0.1) is 0 Å². The lowest BCUT2D eigenvalue weighted by atomic mass is 10.2. The summed E-state index contributed by atoms with van der Waals surface area (Å²) in [6, 6.07) is 12.2. The van der Waals surface area contributed by atoms with Crippen molar-refractivity contribution >= 4 is 22.8 Å². The molecule has 2 aromatic heterocycles. The Morgan fingerprint density at radius 2 is 1.70 bits per heavy atom. The molecule has 0 radical (unpaired) electrons. The van der Waals surface area contributed by atoms with Gasteiger partial charge in [0.15, 0.2) is 0 Å². The van der Waals surface area contributed by atoms with Gasteiger partial charge in [-0.3, -0.25) is 0 Å². The van der Waals surface area contributed by atoms with Crippen molar-refractivity contribution in [3.05, 3.63) is 47.7 Å². The largest absolute Gasteiger partial charge is 0.497 e. The van der Waals surface area contributed by atoms with E-state index in [0.29, 0.717) is 6.01 Å². The fourth-order valence-electron chi connectivity index (χ4n) is 2.13. The van der Waals surface area contributed by atoms with E-state index in [9.17, 15) is 0 Å². The normalized spacial score (nSPS) is 10.7. The van der Waals surface area contributed by atoms with Gasteiger partial charge in [-0.05, 0) is 36.8 Å². The van der Waals surface area contributed by atoms with Crippen molar-refractivity contribution in [2.45, 2.75) is 17.7 Å². The highest BCUT2D eigenvalue weighted by molar-refractivity contribution is 7.98. The maximum absolute atomic E-state index is 5.20. The molecule has 5 nitrogen and oxygen atoms in total. The minimum Gasteiger partial charge on any atom is -0.497 e. The number of methoxy groups -OCH3 is 2. The minimum atomic E-state index is 0.361. The molecule has 1 aromatic carbocycles. The van der Waals surface area contributed by atoms with Gasteiger partial charge < -0.3 is 9.47 Å². The third kappa shape index (κ3) is 3.53. The molecule has 3 rings (SSSR count). The topological polar surface area (TPSA) is 57.1 Å². The Morgan fingerprint density at radius 1 is 0.913 bits per heavy atom.